The van der Waals surface area contributed by atoms with Gasteiger partial charge in [-0.05, 0) is 51.4 Å². The van der Waals surface area contributed by atoms with Crippen LogP contribution < -0.4 is 5.32 Å². The molecule has 296 valence electrons. The van der Waals surface area contributed by atoms with Crippen molar-refractivity contribution in [2.24, 2.45) is 0 Å². The first-order chi connectivity index (χ1) is 25.3. The van der Waals surface area contributed by atoms with E-state index in [1.807, 2.05) is 12.2 Å². The molecule has 0 saturated carbocycles. The molecule has 0 fully saturated rings. The minimum Gasteiger partial charge on any atom is -0.463 e. The number of aliphatic hydroxyl groups excluding tert-OH is 1. The lowest BCUT2D eigenvalue weighted by Gasteiger charge is -2.15. The second-order valence-electron chi connectivity index (χ2n) is 12.5. The van der Waals surface area contributed by atoms with Gasteiger partial charge in [0, 0.05) is 13.0 Å². The van der Waals surface area contributed by atoms with Gasteiger partial charge in [-0.15, -0.1) is 0 Å². The number of hydrogen-bond donors (Lipinski definition) is 3. The lowest BCUT2D eigenvalue weighted by Crippen LogP contribution is -2.27. The quantitative estimate of drug-likeness (QED) is 0.0253. The number of amides is 1. The van der Waals surface area contributed by atoms with E-state index < -0.39 is 26.5 Å². The normalized spacial score (nSPS) is 14.3. The number of rotatable bonds is 35. The van der Waals surface area contributed by atoms with Crippen LogP contribution in [-0.4, -0.2) is 54.3 Å². The maximum absolute atomic E-state index is 12.0. The van der Waals surface area contributed by atoms with Gasteiger partial charge >= 0.3 is 13.8 Å². The first-order valence-corrected chi connectivity index (χ1v) is 21.1. The summed E-state index contributed by atoms with van der Waals surface area (Å²) in [5.41, 5.74) is 0. The molecule has 10 heteroatoms. The van der Waals surface area contributed by atoms with Crippen LogP contribution in [0.15, 0.2) is 85.1 Å². The summed E-state index contributed by atoms with van der Waals surface area (Å²) in [5, 5.41) is 12.6. The van der Waals surface area contributed by atoms with Crippen LogP contribution >= 0.6 is 7.82 Å². The number of phosphoric acid groups is 1. The van der Waals surface area contributed by atoms with Crippen molar-refractivity contribution in [1.82, 2.24) is 5.32 Å². The molecule has 0 heterocycles. The maximum atomic E-state index is 12.0. The largest absolute Gasteiger partial charge is 0.472 e. The zero-order valence-electron chi connectivity index (χ0n) is 32.2. The first-order valence-electron chi connectivity index (χ1n) is 19.6. The van der Waals surface area contributed by atoms with Crippen LogP contribution in [-0.2, 0) is 27.9 Å². The summed E-state index contributed by atoms with van der Waals surface area (Å²) in [6.07, 6.45) is 46.8. The van der Waals surface area contributed by atoms with E-state index >= 15 is 0 Å². The predicted octanol–water partition coefficient (Wildman–Crippen LogP) is 10.5. The summed E-state index contributed by atoms with van der Waals surface area (Å²) in [4.78, 5) is 33.7. The van der Waals surface area contributed by atoms with Gasteiger partial charge in [0.25, 0.3) is 0 Å². The molecule has 9 nitrogen and oxygen atoms in total. The van der Waals surface area contributed by atoms with Crippen molar-refractivity contribution in [2.75, 3.05) is 26.4 Å². The minimum atomic E-state index is -4.43. The molecule has 3 N–H and O–H groups in total. The molecule has 0 aromatic heterocycles. The van der Waals surface area contributed by atoms with Crippen LogP contribution in [0, 0.1) is 0 Å². The summed E-state index contributed by atoms with van der Waals surface area (Å²) in [7, 11) is -4.43. The van der Waals surface area contributed by atoms with Crippen molar-refractivity contribution in [3.05, 3.63) is 85.1 Å². The summed E-state index contributed by atoms with van der Waals surface area (Å²) in [6, 6.07) is 0. The molecule has 2 atom stereocenters. The third kappa shape index (κ3) is 38.4. The van der Waals surface area contributed by atoms with Gasteiger partial charge in [0.15, 0.2) is 0 Å². The Balaban J connectivity index is 3.80. The molecule has 52 heavy (non-hydrogen) atoms. The van der Waals surface area contributed by atoms with Crippen molar-refractivity contribution in [3.8, 4) is 0 Å². The number of unbranched alkanes of at least 4 members (excludes halogenated alkanes) is 9. The van der Waals surface area contributed by atoms with E-state index in [-0.39, 0.29) is 32.1 Å². The van der Waals surface area contributed by atoms with Crippen molar-refractivity contribution in [1.29, 1.82) is 0 Å². The fourth-order valence-electron chi connectivity index (χ4n) is 4.70. The highest BCUT2D eigenvalue weighted by atomic mass is 31.2. The third-order valence-electron chi connectivity index (χ3n) is 7.62. The highest BCUT2D eigenvalue weighted by molar-refractivity contribution is 7.47. The van der Waals surface area contributed by atoms with Gasteiger partial charge in [-0.3, -0.25) is 18.6 Å². The average molecular weight is 748 g/mol. The molecule has 0 radical (unpaired) electrons. The summed E-state index contributed by atoms with van der Waals surface area (Å²) < 4.78 is 26.6. The second-order valence-corrected chi connectivity index (χ2v) is 14.0. The Hall–Kier alpha value is -2.81. The Morgan fingerprint density at radius 2 is 1.06 bits per heavy atom. The van der Waals surface area contributed by atoms with Crippen LogP contribution in [0.3, 0.4) is 0 Å². The molecule has 0 aliphatic carbocycles. The van der Waals surface area contributed by atoms with E-state index in [0.717, 1.165) is 57.8 Å². The van der Waals surface area contributed by atoms with Crippen LogP contribution in [0.5, 0.6) is 0 Å². The molecule has 2 unspecified atom stereocenters. The highest BCUT2D eigenvalue weighted by Gasteiger charge is 2.23. The van der Waals surface area contributed by atoms with Crippen LogP contribution in [0.1, 0.15) is 136 Å². The van der Waals surface area contributed by atoms with E-state index in [4.69, 9.17) is 13.8 Å². The standard InChI is InChI=1S/C42H70NO8P/c1-3-5-7-9-11-13-15-16-17-18-19-20-21-22-23-24-25-27-29-31-33-35-42(46)49-38-40(44)39-51-52(47,48)50-37-36-43-41(45)34-32-30-28-26-14-12-10-8-6-4-2/h5,7,11,13,16-17,19-20,22-23,25,27,31,33,40,44H,3-4,6,8-10,12,14-15,18,21,24,26,28-30,32,34-39H2,1-2H3,(H,43,45)(H,47,48)/b7-5-,13-11-,17-16-,20-19-,23-22-,27-25-,33-31-. The Kier molecular flexibility index (Phi) is 35.9. The molecule has 0 aromatic rings. The molecule has 0 rings (SSSR count). The van der Waals surface area contributed by atoms with Gasteiger partial charge in [0.05, 0.1) is 19.6 Å². The molecule has 0 aromatic carbocycles. The lowest BCUT2D eigenvalue weighted by molar-refractivity contribution is -0.146. The number of aliphatic hydroxyl groups is 1. The maximum Gasteiger partial charge on any atom is 0.472 e. The lowest BCUT2D eigenvalue weighted by atomic mass is 10.1. The molecule has 0 spiro atoms. The number of nitrogens with one attached hydrogen (secondary N) is 1. The fraction of sp³-hybridized carbons (Fsp3) is 0.619. The van der Waals surface area contributed by atoms with Crippen molar-refractivity contribution < 1.29 is 37.9 Å². The Bertz CT molecular complexity index is 1130. The number of carbonyl (C=O) groups is 2. The van der Waals surface area contributed by atoms with Crippen LogP contribution in [0.4, 0.5) is 0 Å². The van der Waals surface area contributed by atoms with E-state index in [2.05, 4.69) is 86.0 Å². The fourth-order valence-corrected chi connectivity index (χ4v) is 5.46. The van der Waals surface area contributed by atoms with Crippen molar-refractivity contribution in [2.45, 2.75) is 142 Å². The number of carbonyl (C=O) groups excluding carboxylic acids is 2. The molecular weight excluding hydrogens is 677 g/mol. The van der Waals surface area contributed by atoms with Crippen molar-refractivity contribution >= 4 is 19.7 Å². The number of esters is 1. The monoisotopic (exact) mass is 747 g/mol. The number of allylic oxidation sites excluding steroid dienone is 13. The van der Waals surface area contributed by atoms with Crippen molar-refractivity contribution in [3.63, 3.8) is 0 Å². The van der Waals surface area contributed by atoms with Gasteiger partial charge in [-0.25, -0.2) is 4.57 Å². The Morgan fingerprint density at radius 3 is 1.54 bits per heavy atom. The summed E-state index contributed by atoms with van der Waals surface area (Å²) in [5.74, 6) is -0.660. The molecule has 0 aliphatic rings. The zero-order valence-corrected chi connectivity index (χ0v) is 33.1. The molecule has 0 bridgehead atoms. The van der Waals surface area contributed by atoms with E-state index in [1.165, 1.54) is 44.9 Å². The summed E-state index contributed by atoms with van der Waals surface area (Å²) >= 11 is 0. The number of ether oxygens (including phenoxy) is 1. The van der Waals surface area contributed by atoms with E-state index in [9.17, 15) is 24.2 Å². The van der Waals surface area contributed by atoms with Crippen LogP contribution in [0.25, 0.3) is 0 Å². The molecule has 1 amide bonds. The zero-order chi connectivity index (χ0) is 38.2. The van der Waals surface area contributed by atoms with Gasteiger partial charge in [0.1, 0.15) is 12.7 Å². The SMILES string of the molecule is CC/C=C\C/C=C\C/C=C\C/C=C\C/C=C\C/C=C\C/C=C\CC(=O)OCC(O)COP(=O)(O)OCCNC(=O)CCCCCCCCCCCC. The molecule has 0 saturated heterocycles. The van der Waals surface area contributed by atoms with Crippen LogP contribution in [0.2, 0.25) is 0 Å². The van der Waals surface area contributed by atoms with Gasteiger partial charge in [-0.2, -0.15) is 0 Å². The smallest absolute Gasteiger partial charge is 0.463 e. The number of hydrogen-bond acceptors (Lipinski definition) is 7. The minimum absolute atomic E-state index is 0.0444. The summed E-state index contributed by atoms with van der Waals surface area (Å²) in [6.45, 7) is 3.28. The topological polar surface area (TPSA) is 131 Å². The highest BCUT2D eigenvalue weighted by Crippen LogP contribution is 2.42. The van der Waals surface area contributed by atoms with Gasteiger partial charge in [-0.1, -0.05) is 157 Å². The van der Waals surface area contributed by atoms with Gasteiger partial charge < -0.3 is 20.1 Å². The predicted molar refractivity (Wildman–Crippen MR) is 215 cm³/mol. The Labute approximate surface area is 315 Å². The third-order valence-corrected chi connectivity index (χ3v) is 8.61. The second kappa shape index (κ2) is 37.9. The molecule has 0 aliphatic heterocycles. The number of phosphoric ester groups is 1. The van der Waals surface area contributed by atoms with E-state index in [0.29, 0.717) is 12.8 Å². The average Bonchev–Trinajstić information content (AvgIpc) is 3.13. The first kappa shape index (κ1) is 49.2. The molecular formula is C42H70NO8P. The Morgan fingerprint density at radius 1 is 0.615 bits per heavy atom. The van der Waals surface area contributed by atoms with Gasteiger partial charge in [0.2, 0.25) is 5.91 Å². The van der Waals surface area contributed by atoms with E-state index in [1.54, 1.807) is 6.08 Å².